The first-order valence-electron chi connectivity index (χ1n) is 7.53. The molecule has 1 aromatic carbocycles. The first-order valence-corrected chi connectivity index (χ1v) is 8.41. The largest absolute Gasteiger partial charge is 0.478 e. The Labute approximate surface area is 128 Å². The molecule has 0 radical (unpaired) electrons. The van der Waals surface area contributed by atoms with Gasteiger partial charge < -0.3 is 5.11 Å². The van der Waals surface area contributed by atoms with Gasteiger partial charge in [0, 0.05) is 16.9 Å². The summed E-state index contributed by atoms with van der Waals surface area (Å²) in [6, 6.07) is 7.03. The maximum Gasteiger partial charge on any atom is 0.335 e. The highest BCUT2D eigenvalue weighted by molar-refractivity contribution is 7.10. The van der Waals surface area contributed by atoms with Crippen LogP contribution in [0.5, 0.6) is 0 Å². The minimum atomic E-state index is -0.893. The lowest BCUT2D eigenvalue weighted by Gasteiger charge is -2.09. The molecule has 0 amide bonds. The lowest BCUT2D eigenvalue weighted by Crippen LogP contribution is -1.97. The molecule has 3 nitrogen and oxygen atoms in total. The highest BCUT2D eigenvalue weighted by Gasteiger charge is 2.18. The Morgan fingerprint density at radius 1 is 1.19 bits per heavy atom. The van der Waals surface area contributed by atoms with E-state index in [9.17, 15) is 4.79 Å². The van der Waals surface area contributed by atoms with E-state index in [0.717, 1.165) is 11.3 Å². The van der Waals surface area contributed by atoms with Gasteiger partial charge in [0.05, 0.1) is 16.3 Å². The number of benzene rings is 1. The zero-order valence-corrected chi connectivity index (χ0v) is 12.7. The van der Waals surface area contributed by atoms with Gasteiger partial charge in [-0.2, -0.15) is 0 Å². The summed E-state index contributed by atoms with van der Waals surface area (Å²) >= 11 is 1.72. The average molecular weight is 301 g/mol. The minimum Gasteiger partial charge on any atom is -0.478 e. The SMILES string of the molecule is O=C(O)c1cccc(-c2csc(C3CCCCCC3)n2)c1. The predicted molar refractivity (Wildman–Crippen MR) is 85.0 cm³/mol. The number of aromatic nitrogens is 1. The Balaban J connectivity index is 1.84. The molecular weight excluding hydrogens is 282 g/mol. The van der Waals surface area contributed by atoms with Crippen molar-refractivity contribution in [3.63, 3.8) is 0 Å². The number of hydrogen-bond donors (Lipinski definition) is 1. The van der Waals surface area contributed by atoms with Crippen molar-refractivity contribution < 1.29 is 9.90 Å². The second-order valence-corrected chi connectivity index (χ2v) is 6.54. The molecule has 1 saturated carbocycles. The smallest absolute Gasteiger partial charge is 0.335 e. The van der Waals surface area contributed by atoms with Crippen molar-refractivity contribution in [3.05, 3.63) is 40.2 Å². The van der Waals surface area contributed by atoms with Gasteiger partial charge in [0.1, 0.15) is 0 Å². The molecule has 1 fully saturated rings. The van der Waals surface area contributed by atoms with E-state index in [1.165, 1.54) is 43.5 Å². The fourth-order valence-corrected chi connectivity index (χ4v) is 3.95. The molecule has 0 spiro atoms. The first kappa shape index (κ1) is 14.3. The Morgan fingerprint density at radius 2 is 1.95 bits per heavy atom. The maximum atomic E-state index is 11.1. The summed E-state index contributed by atoms with van der Waals surface area (Å²) in [5, 5.41) is 12.4. The minimum absolute atomic E-state index is 0.316. The summed E-state index contributed by atoms with van der Waals surface area (Å²) in [7, 11) is 0. The molecule has 1 N–H and O–H groups in total. The third-order valence-electron chi connectivity index (χ3n) is 4.13. The molecule has 1 heterocycles. The van der Waals surface area contributed by atoms with Crippen LogP contribution >= 0.6 is 11.3 Å². The van der Waals surface area contributed by atoms with Crippen LogP contribution < -0.4 is 0 Å². The van der Waals surface area contributed by atoms with Crippen LogP contribution in [-0.2, 0) is 0 Å². The fourth-order valence-electron chi connectivity index (χ4n) is 2.95. The van der Waals surface area contributed by atoms with Gasteiger partial charge in [-0.25, -0.2) is 9.78 Å². The number of aromatic carboxylic acids is 1. The molecule has 0 aliphatic heterocycles. The van der Waals surface area contributed by atoms with Crippen molar-refractivity contribution in [1.82, 2.24) is 4.98 Å². The molecule has 0 saturated heterocycles. The van der Waals surface area contributed by atoms with Crippen LogP contribution in [0.3, 0.4) is 0 Å². The van der Waals surface area contributed by atoms with Crippen molar-refractivity contribution in [1.29, 1.82) is 0 Å². The van der Waals surface area contributed by atoms with E-state index in [1.807, 2.05) is 6.07 Å². The van der Waals surface area contributed by atoms with Gasteiger partial charge in [-0.15, -0.1) is 11.3 Å². The van der Waals surface area contributed by atoms with Gasteiger partial charge >= 0.3 is 5.97 Å². The Morgan fingerprint density at radius 3 is 2.67 bits per heavy atom. The Bertz CT molecular complexity index is 627. The molecule has 4 heteroatoms. The van der Waals surface area contributed by atoms with Crippen LogP contribution in [0.4, 0.5) is 0 Å². The van der Waals surface area contributed by atoms with Gasteiger partial charge in [0.15, 0.2) is 0 Å². The third-order valence-corrected chi connectivity index (χ3v) is 5.14. The van der Waals surface area contributed by atoms with Crippen LogP contribution in [0.2, 0.25) is 0 Å². The molecule has 2 aromatic rings. The number of rotatable bonds is 3. The molecular formula is C17H19NO2S. The molecule has 1 aliphatic carbocycles. The number of thiazole rings is 1. The molecule has 21 heavy (non-hydrogen) atoms. The number of carboxylic acids is 1. The van der Waals surface area contributed by atoms with Crippen molar-refractivity contribution in [2.75, 3.05) is 0 Å². The van der Waals surface area contributed by atoms with E-state index in [0.29, 0.717) is 11.5 Å². The Kier molecular flexibility index (Phi) is 4.34. The van der Waals surface area contributed by atoms with Crippen LogP contribution in [0.1, 0.15) is 59.8 Å². The van der Waals surface area contributed by atoms with Crippen LogP contribution in [0, 0.1) is 0 Å². The number of carboxylic acid groups (broad SMARTS) is 1. The predicted octanol–water partition coefficient (Wildman–Crippen LogP) is 4.95. The molecule has 0 bridgehead atoms. The lowest BCUT2D eigenvalue weighted by atomic mass is 10.0. The molecule has 0 atom stereocenters. The van der Waals surface area contributed by atoms with Gasteiger partial charge in [0.25, 0.3) is 0 Å². The van der Waals surface area contributed by atoms with Crippen LogP contribution in [0.25, 0.3) is 11.3 Å². The summed E-state index contributed by atoms with van der Waals surface area (Å²) < 4.78 is 0. The van der Waals surface area contributed by atoms with Crippen molar-refractivity contribution in [2.45, 2.75) is 44.4 Å². The summed E-state index contributed by atoms with van der Waals surface area (Å²) in [6.45, 7) is 0. The van der Waals surface area contributed by atoms with Gasteiger partial charge in [-0.1, -0.05) is 37.8 Å². The second-order valence-electron chi connectivity index (χ2n) is 5.65. The summed E-state index contributed by atoms with van der Waals surface area (Å²) in [4.78, 5) is 15.8. The zero-order chi connectivity index (χ0) is 14.7. The normalized spacial score (nSPS) is 16.6. The van der Waals surface area contributed by atoms with Crippen molar-refractivity contribution >= 4 is 17.3 Å². The highest BCUT2D eigenvalue weighted by atomic mass is 32.1. The second kappa shape index (κ2) is 6.39. The molecule has 110 valence electrons. The lowest BCUT2D eigenvalue weighted by molar-refractivity contribution is 0.0697. The van der Waals surface area contributed by atoms with E-state index in [2.05, 4.69) is 5.38 Å². The van der Waals surface area contributed by atoms with Crippen molar-refractivity contribution in [2.24, 2.45) is 0 Å². The van der Waals surface area contributed by atoms with Crippen LogP contribution in [0.15, 0.2) is 29.6 Å². The van der Waals surface area contributed by atoms with E-state index >= 15 is 0 Å². The summed E-state index contributed by atoms with van der Waals surface area (Å²) in [5.74, 6) is -0.301. The first-order chi connectivity index (χ1) is 10.2. The maximum absolute atomic E-state index is 11.1. The van der Waals surface area contributed by atoms with Gasteiger partial charge in [-0.05, 0) is 25.0 Å². The third kappa shape index (κ3) is 3.32. The summed E-state index contributed by atoms with van der Waals surface area (Å²) in [6.07, 6.45) is 7.76. The van der Waals surface area contributed by atoms with E-state index in [4.69, 9.17) is 10.1 Å². The molecule has 0 unspecified atom stereocenters. The molecule has 3 rings (SSSR count). The average Bonchev–Trinajstić information content (AvgIpc) is 2.83. The number of hydrogen-bond acceptors (Lipinski definition) is 3. The summed E-state index contributed by atoms with van der Waals surface area (Å²) in [5.41, 5.74) is 2.12. The zero-order valence-electron chi connectivity index (χ0n) is 11.9. The van der Waals surface area contributed by atoms with Gasteiger partial charge in [-0.3, -0.25) is 0 Å². The standard InChI is InChI=1S/C17H19NO2S/c19-17(20)14-9-5-8-13(10-14)15-11-21-16(18-15)12-6-3-1-2-4-7-12/h5,8-12H,1-4,6-7H2,(H,19,20). The highest BCUT2D eigenvalue weighted by Crippen LogP contribution is 2.35. The van der Waals surface area contributed by atoms with E-state index in [-0.39, 0.29) is 0 Å². The molecule has 1 aliphatic rings. The van der Waals surface area contributed by atoms with Gasteiger partial charge in [0.2, 0.25) is 0 Å². The number of nitrogens with zero attached hydrogens (tertiary/aromatic N) is 1. The molecule has 1 aromatic heterocycles. The monoisotopic (exact) mass is 301 g/mol. The number of carbonyl (C=O) groups is 1. The van der Waals surface area contributed by atoms with E-state index < -0.39 is 5.97 Å². The fraction of sp³-hybridized carbons (Fsp3) is 0.412. The Hall–Kier alpha value is -1.68. The quantitative estimate of drug-likeness (QED) is 0.816. The van der Waals surface area contributed by atoms with Crippen molar-refractivity contribution in [3.8, 4) is 11.3 Å². The topological polar surface area (TPSA) is 50.2 Å². The van der Waals surface area contributed by atoms with Crippen LogP contribution in [-0.4, -0.2) is 16.1 Å². The van der Waals surface area contributed by atoms with E-state index in [1.54, 1.807) is 29.5 Å².